The Morgan fingerprint density at radius 2 is 1.51 bits per heavy atom. The van der Waals surface area contributed by atoms with Gasteiger partial charge in [-0.05, 0) is 53.3 Å². The zero-order chi connectivity index (χ0) is 25.3. The summed E-state index contributed by atoms with van der Waals surface area (Å²) in [5.41, 5.74) is 8.51. The smallest absolute Gasteiger partial charge is 0.141 e. The lowest BCUT2D eigenvalue weighted by atomic mass is 9.84. The second-order valence-corrected chi connectivity index (χ2v) is 11.2. The molecule has 1 aliphatic carbocycles. The molecule has 2 aromatic carbocycles. The predicted octanol–water partition coefficient (Wildman–Crippen LogP) is 7.95. The van der Waals surface area contributed by atoms with E-state index in [0.717, 1.165) is 49.7 Å². The number of nitrogens with zero attached hydrogens (tertiary/aromatic N) is 3. The van der Waals surface area contributed by atoms with Crippen LogP contribution in [0.5, 0.6) is 0 Å². The minimum absolute atomic E-state index is 0.0429. The predicted molar refractivity (Wildman–Crippen MR) is 153 cm³/mol. The summed E-state index contributed by atoms with van der Waals surface area (Å²) < 4.78 is 0. The normalized spacial score (nSPS) is 18.1. The van der Waals surface area contributed by atoms with E-state index in [1.807, 2.05) is 24.5 Å². The molecule has 182 valence electrons. The van der Waals surface area contributed by atoms with Crippen LogP contribution in [0.15, 0.2) is 79.2 Å². The number of nitrogens with one attached hydrogen (secondary N) is 2. The Kier molecular flexibility index (Phi) is 4.68. The van der Waals surface area contributed by atoms with E-state index in [2.05, 4.69) is 102 Å². The SMILES string of the molecule is CC1C=CC=CC1c1[nH]c2ccc(C(C)(C)C)cc2c1-c1nc2c3cccnc3c3ncccc3c2[nH]1. The fraction of sp³-hybridized carbons (Fsp3) is 0.219. The van der Waals surface area contributed by atoms with Crippen molar-refractivity contribution in [3.8, 4) is 11.4 Å². The van der Waals surface area contributed by atoms with Crippen LogP contribution in [0.3, 0.4) is 0 Å². The van der Waals surface area contributed by atoms with Gasteiger partial charge in [0.25, 0.3) is 0 Å². The van der Waals surface area contributed by atoms with Gasteiger partial charge in [0, 0.05) is 51.2 Å². The molecule has 0 bridgehead atoms. The first-order valence-corrected chi connectivity index (χ1v) is 12.9. The molecule has 1 aliphatic rings. The maximum Gasteiger partial charge on any atom is 0.141 e. The standard InChI is InChI=1S/C32H29N5/c1-18-9-5-6-10-20(18)26-25(23-17-19(32(2,3)4)13-14-24(23)35-26)31-36-29-21-11-7-15-33-27(21)28-22(30(29)37-31)12-8-16-34-28/h5-18,20,35H,1-4H3,(H,36,37). The van der Waals surface area contributed by atoms with Gasteiger partial charge in [-0.2, -0.15) is 0 Å². The number of fused-ring (bicyclic) bond motifs is 7. The van der Waals surface area contributed by atoms with Gasteiger partial charge in [0.1, 0.15) is 5.82 Å². The molecule has 0 amide bonds. The quantitative estimate of drug-likeness (QED) is 0.246. The van der Waals surface area contributed by atoms with Crippen LogP contribution in [0.4, 0.5) is 0 Å². The van der Waals surface area contributed by atoms with Crippen molar-refractivity contribution in [3.05, 3.63) is 90.4 Å². The third-order valence-corrected chi connectivity index (χ3v) is 7.74. The Balaban J connectivity index is 1.58. The molecule has 0 saturated heterocycles. The highest BCUT2D eigenvalue weighted by molar-refractivity contribution is 6.21. The van der Waals surface area contributed by atoms with Gasteiger partial charge < -0.3 is 9.97 Å². The molecule has 6 aromatic rings. The highest BCUT2D eigenvalue weighted by Gasteiger charge is 2.27. The first-order chi connectivity index (χ1) is 17.9. The summed E-state index contributed by atoms with van der Waals surface area (Å²) in [6, 6.07) is 14.9. The minimum Gasteiger partial charge on any atom is -0.357 e. The second kappa shape index (κ2) is 7.87. The van der Waals surface area contributed by atoms with Crippen LogP contribution in [0.25, 0.3) is 55.1 Å². The minimum atomic E-state index is 0.0429. The number of imidazole rings is 1. The maximum absolute atomic E-state index is 5.27. The Labute approximate surface area is 215 Å². The van der Waals surface area contributed by atoms with Gasteiger partial charge in [0.2, 0.25) is 0 Å². The van der Waals surface area contributed by atoms with E-state index in [9.17, 15) is 0 Å². The van der Waals surface area contributed by atoms with Gasteiger partial charge in [-0.1, -0.05) is 58.1 Å². The highest BCUT2D eigenvalue weighted by Crippen LogP contribution is 2.42. The van der Waals surface area contributed by atoms with Crippen molar-refractivity contribution in [2.75, 3.05) is 0 Å². The number of hydrogen-bond acceptors (Lipinski definition) is 3. The molecule has 4 aromatic heterocycles. The number of pyridine rings is 2. The molecule has 7 rings (SSSR count). The third kappa shape index (κ3) is 3.34. The van der Waals surface area contributed by atoms with Crippen LogP contribution in [0.1, 0.15) is 44.9 Å². The number of H-pyrrole nitrogens is 2. The zero-order valence-electron chi connectivity index (χ0n) is 21.5. The van der Waals surface area contributed by atoms with E-state index in [1.165, 1.54) is 16.6 Å². The summed E-state index contributed by atoms with van der Waals surface area (Å²) in [5, 5.41) is 3.24. The fourth-order valence-electron chi connectivity index (χ4n) is 5.72. The summed E-state index contributed by atoms with van der Waals surface area (Å²) in [7, 11) is 0. The Bertz CT molecular complexity index is 1820. The first-order valence-electron chi connectivity index (χ1n) is 12.9. The number of aromatic amines is 2. The Morgan fingerprint density at radius 1 is 0.784 bits per heavy atom. The lowest BCUT2D eigenvalue weighted by Gasteiger charge is -2.21. The zero-order valence-corrected chi connectivity index (χ0v) is 21.5. The number of benzene rings is 2. The van der Waals surface area contributed by atoms with Crippen LogP contribution in [-0.4, -0.2) is 24.9 Å². The van der Waals surface area contributed by atoms with Gasteiger partial charge in [0.15, 0.2) is 0 Å². The van der Waals surface area contributed by atoms with E-state index >= 15 is 0 Å². The highest BCUT2D eigenvalue weighted by atomic mass is 14.9. The molecule has 0 spiro atoms. The summed E-state index contributed by atoms with van der Waals surface area (Å²) in [6.07, 6.45) is 12.5. The van der Waals surface area contributed by atoms with Crippen LogP contribution < -0.4 is 0 Å². The van der Waals surface area contributed by atoms with E-state index in [0.29, 0.717) is 5.92 Å². The monoisotopic (exact) mass is 483 g/mol. The van der Waals surface area contributed by atoms with Crippen molar-refractivity contribution in [1.29, 1.82) is 0 Å². The molecule has 5 heteroatoms. The van der Waals surface area contributed by atoms with Crippen LogP contribution in [0.2, 0.25) is 0 Å². The number of allylic oxidation sites excluding steroid dienone is 4. The second-order valence-electron chi connectivity index (χ2n) is 11.2. The molecule has 5 nitrogen and oxygen atoms in total. The van der Waals surface area contributed by atoms with Crippen molar-refractivity contribution >= 4 is 43.7 Å². The molecule has 2 N–H and O–H groups in total. The molecule has 2 unspecified atom stereocenters. The van der Waals surface area contributed by atoms with E-state index in [4.69, 9.17) is 4.98 Å². The molecule has 4 heterocycles. The molecule has 0 aliphatic heterocycles. The number of aromatic nitrogens is 5. The van der Waals surface area contributed by atoms with Crippen molar-refractivity contribution in [2.24, 2.45) is 5.92 Å². The van der Waals surface area contributed by atoms with Gasteiger partial charge >= 0.3 is 0 Å². The lowest BCUT2D eigenvalue weighted by molar-refractivity contribution is 0.591. The molecule has 0 saturated carbocycles. The maximum atomic E-state index is 5.27. The van der Waals surface area contributed by atoms with Gasteiger partial charge in [0.05, 0.1) is 22.1 Å². The summed E-state index contributed by atoms with van der Waals surface area (Å²) in [6.45, 7) is 9.06. The molecule has 37 heavy (non-hydrogen) atoms. The Morgan fingerprint density at radius 3 is 2.27 bits per heavy atom. The molecule has 0 fully saturated rings. The first kappa shape index (κ1) is 22.0. The Hall–Kier alpha value is -4.25. The number of rotatable bonds is 2. The average Bonchev–Trinajstić information content (AvgIpc) is 3.50. The molecular weight excluding hydrogens is 454 g/mol. The third-order valence-electron chi connectivity index (χ3n) is 7.74. The van der Waals surface area contributed by atoms with Gasteiger partial charge in [-0.3, -0.25) is 9.97 Å². The van der Waals surface area contributed by atoms with Gasteiger partial charge in [-0.25, -0.2) is 4.98 Å². The van der Waals surface area contributed by atoms with Crippen LogP contribution in [0, 0.1) is 5.92 Å². The largest absolute Gasteiger partial charge is 0.357 e. The average molecular weight is 484 g/mol. The van der Waals surface area contributed by atoms with Crippen molar-refractivity contribution in [1.82, 2.24) is 24.9 Å². The summed E-state index contributed by atoms with van der Waals surface area (Å²) in [5.74, 6) is 1.48. The van der Waals surface area contributed by atoms with Crippen molar-refractivity contribution in [2.45, 2.75) is 39.0 Å². The van der Waals surface area contributed by atoms with E-state index in [-0.39, 0.29) is 11.3 Å². The summed E-state index contributed by atoms with van der Waals surface area (Å²) in [4.78, 5) is 22.2. The lowest BCUT2D eigenvalue weighted by Crippen LogP contribution is -2.10. The molecular formula is C32H29N5. The summed E-state index contributed by atoms with van der Waals surface area (Å²) >= 11 is 0. The van der Waals surface area contributed by atoms with E-state index in [1.54, 1.807) is 0 Å². The topological polar surface area (TPSA) is 70.2 Å². The molecule has 0 radical (unpaired) electrons. The van der Waals surface area contributed by atoms with Gasteiger partial charge in [-0.15, -0.1) is 0 Å². The number of hydrogen-bond donors (Lipinski definition) is 2. The molecule has 2 atom stereocenters. The van der Waals surface area contributed by atoms with E-state index < -0.39 is 0 Å². The van der Waals surface area contributed by atoms with Crippen LogP contribution >= 0.6 is 0 Å². The van der Waals surface area contributed by atoms with Crippen molar-refractivity contribution < 1.29 is 0 Å². The van der Waals surface area contributed by atoms with Crippen LogP contribution in [-0.2, 0) is 5.41 Å². The van der Waals surface area contributed by atoms with Crippen molar-refractivity contribution in [3.63, 3.8) is 0 Å². The fourth-order valence-corrected chi connectivity index (χ4v) is 5.72.